The fraction of sp³-hybridized carbons (Fsp3) is 0.828. The van der Waals surface area contributed by atoms with Gasteiger partial charge in [0.2, 0.25) is 0 Å². The van der Waals surface area contributed by atoms with Gasteiger partial charge in [-0.05, 0) is 77.0 Å². The Bertz CT molecular complexity index is 1220. The van der Waals surface area contributed by atoms with Crippen LogP contribution in [0.15, 0.2) is 48.6 Å². The van der Waals surface area contributed by atoms with E-state index in [-0.39, 0.29) is 31.1 Å². The van der Waals surface area contributed by atoms with E-state index in [1.54, 1.807) is 0 Å². The van der Waals surface area contributed by atoms with Crippen molar-refractivity contribution in [2.75, 3.05) is 13.2 Å². The van der Waals surface area contributed by atoms with Gasteiger partial charge < -0.3 is 14.2 Å². The maximum absolute atomic E-state index is 12.8. The van der Waals surface area contributed by atoms with E-state index >= 15 is 0 Å². The zero-order valence-electron chi connectivity index (χ0n) is 46.8. The van der Waals surface area contributed by atoms with Gasteiger partial charge in [-0.3, -0.25) is 14.4 Å². The van der Waals surface area contributed by atoms with Gasteiger partial charge in [0, 0.05) is 19.3 Å². The third-order valence-corrected chi connectivity index (χ3v) is 13.6. The molecule has 0 spiro atoms. The summed E-state index contributed by atoms with van der Waals surface area (Å²) < 4.78 is 16.8. The molecule has 0 rings (SSSR count). The zero-order valence-corrected chi connectivity index (χ0v) is 46.8. The third kappa shape index (κ3) is 56.3. The van der Waals surface area contributed by atoms with Crippen LogP contribution in [0.2, 0.25) is 0 Å². The number of esters is 3. The summed E-state index contributed by atoms with van der Waals surface area (Å²) >= 11 is 0. The molecule has 1 atom stereocenters. The summed E-state index contributed by atoms with van der Waals surface area (Å²) in [5, 5.41) is 0. The van der Waals surface area contributed by atoms with E-state index in [2.05, 4.69) is 69.4 Å². The number of carbonyl (C=O) groups is 3. The molecule has 1 unspecified atom stereocenters. The van der Waals surface area contributed by atoms with Crippen molar-refractivity contribution in [3.8, 4) is 0 Å². The lowest BCUT2D eigenvalue weighted by atomic mass is 10.0. The van der Waals surface area contributed by atoms with Crippen molar-refractivity contribution >= 4 is 17.9 Å². The molecule has 0 aliphatic carbocycles. The van der Waals surface area contributed by atoms with Gasteiger partial charge in [-0.2, -0.15) is 0 Å². The number of hydrogen-bond acceptors (Lipinski definition) is 6. The van der Waals surface area contributed by atoms with Gasteiger partial charge in [-0.25, -0.2) is 0 Å². The summed E-state index contributed by atoms with van der Waals surface area (Å²) in [7, 11) is 0. The molecule has 0 amide bonds. The molecule has 6 nitrogen and oxygen atoms in total. The molecule has 0 aromatic heterocycles. The summed E-state index contributed by atoms with van der Waals surface area (Å²) in [6.07, 6.45) is 72.8. The molecule has 6 heteroatoms. The van der Waals surface area contributed by atoms with Crippen LogP contribution < -0.4 is 0 Å². The van der Waals surface area contributed by atoms with Crippen molar-refractivity contribution in [2.24, 2.45) is 0 Å². The van der Waals surface area contributed by atoms with Gasteiger partial charge in [0.05, 0.1) is 0 Å². The van der Waals surface area contributed by atoms with Crippen molar-refractivity contribution in [3.63, 3.8) is 0 Å². The van der Waals surface area contributed by atoms with Crippen molar-refractivity contribution in [1.29, 1.82) is 0 Å². The first-order chi connectivity index (χ1) is 34.5. The van der Waals surface area contributed by atoms with Crippen LogP contribution in [0.25, 0.3) is 0 Å². The Kier molecular flexibility index (Phi) is 56.7. The van der Waals surface area contributed by atoms with Crippen molar-refractivity contribution in [1.82, 2.24) is 0 Å². The van der Waals surface area contributed by atoms with Crippen LogP contribution in [0.3, 0.4) is 0 Å². The van der Waals surface area contributed by atoms with E-state index in [1.807, 2.05) is 0 Å². The van der Waals surface area contributed by atoms with Crippen LogP contribution in [0.4, 0.5) is 0 Å². The van der Waals surface area contributed by atoms with Crippen molar-refractivity contribution in [2.45, 2.75) is 329 Å². The number of rotatable bonds is 56. The predicted octanol–water partition coefficient (Wildman–Crippen LogP) is 20.6. The molecule has 0 N–H and O–H groups in total. The van der Waals surface area contributed by atoms with Gasteiger partial charge in [0.15, 0.2) is 6.10 Å². The fourth-order valence-electron chi connectivity index (χ4n) is 8.98. The molecular weight excluding hydrogens is 865 g/mol. The summed E-state index contributed by atoms with van der Waals surface area (Å²) in [5.74, 6) is -0.873. The van der Waals surface area contributed by atoms with Gasteiger partial charge in [0.1, 0.15) is 13.2 Å². The van der Waals surface area contributed by atoms with Crippen molar-refractivity contribution in [3.05, 3.63) is 48.6 Å². The fourth-order valence-corrected chi connectivity index (χ4v) is 8.98. The lowest BCUT2D eigenvalue weighted by Gasteiger charge is -2.18. The lowest BCUT2D eigenvalue weighted by molar-refractivity contribution is -0.167. The number of hydrogen-bond donors (Lipinski definition) is 0. The first kappa shape index (κ1) is 67.4. The Morgan fingerprint density at radius 3 is 0.886 bits per heavy atom. The molecule has 0 saturated heterocycles. The molecule has 0 bridgehead atoms. The molecule has 408 valence electrons. The maximum Gasteiger partial charge on any atom is 0.306 e. The third-order valence-electron chi connectivity index (χ3n) is 13.6. The largest absolute Gasteiger partial charge is 0.462 e. The highest BCUT2D eigenvalue weighted by atomic mass is 16.6. The summed E-state index contributed by atoms with van der Waals surface area (Å²) in [6.45, 7) is 6.53. The van der Waals surface area contributed by atoms with E-state index in [4.69, 9.17) is 14.2 Å². The molecule has 70 heavy (non-hydrogen) atoms. The maximum atomic E-state index is 12.8. The van der Waals surface area contributed by atoms with E-state index in [9.17, 15) is 14.4 Å². The van der Waals surface area contributed by atoms with Gasteiger partial charge in [-0.1, -0.05) is 275 Å². The SMILES string of the molecule is CC/C=C\C/C=C\C/C=C\CCCCCCCCCC(=O)OC(COC(=O)CCCCCCCCCC)COC(=O)CCCCCCCCCCCCCCCCC/C=C\CCCCCCCCCC. The van der Waals surface area contributed by atoms with Gasteiger partial charge >= 0.3 is 17.9 Å². The molecule has 0 aliphatic heterocycles. The quantitative estimate of drug-likeness (QED) is 0.0261. The number of ether oxygens (including phenoxy) is 3. The topological polar surface area (TPSA) is 78.9 Å². The first-order valence-corrected chi connectivity index (χ1v) is 30.6. The second kappa shape index (κ2) is 58.9. The second-order valence-corrected chi connectivity index (χ2v) is 20.6. The average Bonchev–Trinajstić information content (AvgIpc) is 3.36. The Morgan fingerprint density at radius 2 is 0.557 bits per heavy atom. The van der Waals surface area contributed by atoms with E-state index in [1.165, 1.54) is 199 Å². The normalized spacial score (nSPS) is 12.3. The second-order valence-electron chi connectivity index (χ2n) is 20.6. The van der Waals surface area contributed by atoms with Crippen LogP contribution in [-0.4, -0.2) is 37.2 Å². The molecular formula is C64H116O6. The van der Waals surface area contributed by atoms with Crippen LogP contribution >= 0.6 is 0 Å². The van der Waals surface area contributed by atoms with E-state index in [0.29, 0.717) is 19.3 Å². The molecule has 0 saturated carbocycles. The number of allylic oxidation sites excluding steroid dienone is 8. The summed E-state index contributed by atoms with van der Waals surface area (Å²) in [4.78, 5) is 38.0. The molecule has 0 aliphatic rings. The summed E-state index contributed by atoms with van der Waals surface area (Å²) in [5.41, 5.74) is 0. The minimum absolute atomic E-state index is 0.0739. The highest BCUT2D eigenvalue weighted by Gasteiger charge is 2.19. The summed E-state index contributed by atoms with van der Waals surface area (Å²) in [6, 6.07) is 0. The standard InChI is InChI=1S/C64H116O6/c1-4-7-10-13-16-19-21-23-25-27-28-29-30-31-32-33-34-35-36-38-39-41-43-45-48-51-54-57-63(66)69-60-61(59-68-62(65)56-53-50-47-18-15-12-9-6-3)70-64(67)58-55-52-49-46-44-42-40-37-26-24-22-20-17-14-11-8-5-2/h8,11,17,20,24,26-28,61H,4-7,9-10,12-16,18-19,21-23,25,29-60H2,1-3H3/b11-8-,20-17-,26-24-,28-27-. The minimum atomic E-state index is -0.774. The number of unbranched alkanes of at least 4 members (excludes halogenated alkanes) is 37. The molecule has 0 fully saturated rings. The first-order valence-electron chi connectivity index (χ1n) is 30.6. The smallest absolute Gasteiger partial charge is 0.306 e. The van der Waals surface area contributed by atoms with Crippen LogP contribution in [0.1, 0.15) is 323 Å². The van der Waals surface area contributed by atoms with Crippen LogP contribution in [-0.2, 0) is 28.6 Å². The Morgan fingerprint density at radius 1 is 0.300 bits per heavy atom. The monoisotopic (exact) mass is 981 g/mol. The van der Waals surface area contributed by atoms with E-state index < -0.39 is 6.10 Å². The van der Waals surface area contributed by atoms with Gasteiger partial charge in [0.25, 0.3) is 0 Å². The minimum Gasteiger partial charge on any atom is -0.462 e. The predicted molar refractivity (Wildman–Crippen MR) is 302 cm³/mol. The number of carbonyl (C=O) groups excluding carboxylic acids is 3. The Balaban J connectivity index is 4.11. The Labute approximate surface area is 435 Å². The van der Waals surface area contributed by atoms with Crippen molar-refractivity contribution < 1.29 is 28.6 Å². The molecule has 0 aromatic rings. The highest BCUT2D eigenvalue weighted by molar-refractivity contribution is 5.71. The molecule has 0 heterocycles. The molecule has 0 radical (unpaired) electrons. The van der Waals surface area contributed by atoms with Crippen LogP contribution in [0, 0.1) is 0 Å². The average molecular weight is 982 g/mol. The lowest BCUT2D eigenvalue weighted by Crippen LogP contribution is -2.30. The van der Waals surface area contributed by atoms with Crippen LogP contribution in [0.5, 0.6) is 0 Å². The zero-order chi connectivity index (χ0) is 50.7. The van der Waals surface area contributed by atoms with E-state index in [0.717, 1.165) is 83.5 Å². The highest BCUT2D eigenvalue weighted by Crippen LogP contribution is 2.17. The molecule has 0 aromatic carbocycles. The van der Waals surface area contributed by atoms with Gasteiger partial charge in [-0.15, -0.1) is 0 Å². The Hall–Kier alpha value is -2.63.